The van der Waals surface area contributed by atoms with Crippen LogP contribution in [0.5, 0.6) is 0 Å². The third kappa shape index (κ3) is 3.74. The smallest absolute Gasteiger partial charge is 0.209 e. The first kappa shape index (κ1) is 15.0. The molecular weight excluding hydrogens is 260 g/mol. The molecule has 1 aromatic carbocycles. The number of sulfonamides is 1. The van der Waals surface area contributed by atoms with Crippen LogP contribution in [-0.2, 0) is 16.4 Å². The normalized spacial score (nSPS) is 12.3. The molecule has 3 nitrogen and oxygen atoms in total. The Morgan fingerprint density at radius 1 is 1.22 bits per heavy atom. The van der Waals surface area contributed by atoms with Gasteiger partial charge in [0.15, 0.2) is 0 Å². The maximum Gasteiger partial charge on any atom is 0.252 e. The van der Waals surface area contributed by atoms with Gasteiger partial charge < -0.3 is 0 Å². The van der Waals surface area contributed by atoms with Crippen molar-refractivity contribution in [1.82, 2.24) is 4.31 Å². The Balaban J connectivity index is 2.91. The van der Waals surface area contributed by atoms with Crippen LogP contribution < -0.4 is 0 Å². The van der Waals surface area contributed by atoms with E-state index < -0.39 is 23.0 Å². The van der Waals surface area contributed by atoms with Crippen LogP contribution in [0.3, 0.4) is 0 Å². The Morgan fingerprint density at radius 3 is 2.22 bits per heavy atom. The van der Waals surface area contributed by atoms with E-state index in [0.29, 0.717) is 4.31 Å². The van der Waals surface area contributed by atoms with Gasteiger partial charge in [0.25, 0.3) is 6.43 Å². The SMILES string of the molecule is CCCc1ccc(S(=O)(=O)N(C)CC(F)F)cc1. The van der Waals surface area contributed by atoms with Crippen molar-refractivity contribution in [3.05, 3.63) is 29.8 Å². The molecule has 0 N–H and O–H groups in total. The first-order chi connectivity index (χ1) is 8.37. The first-order valence-corrected chi connectivity index (χ1v) is 7.15. The highest BCUT2D eigenvalue weighted by molar-refractivity contribution is 7.89. The van der Waals surface area contributed by atoms with Crippen LogP contribution in [0, 0.1) is 0 Å². The second kappa shape index (κ2) is 6.24. The van der Waals surface area contributed by atoms with Crippen molar-refractivity contribution in [2.45, 2.75) is 31.1 Å². The Labute approximate surface area is 106 Å². The minimum atomic E-state index is -3.81. The quantitative estimate of drug-likeness (QED) is 0.801. The van der Waals surface area contributed by atoms with Crippen LogP contribution in [0.4, 0.5) is 8.78 Å². The Morgan fingerprint density at radius 2 is 1.78 bits per heavy atom. The van der Waals surface area contributed by atoms with Crippen LogP contribution in [0.2, 0.25) is 0 Å². The van der Waals surface area contributed by atoms with Crippen molar-refractivity contribution < 1.29 is 17.2 Å². The van der Waals surface area contributed by atoms with Crippen molar-refractivity contribution >= 4 is 10.0 Å². The van der Waals surface area contributed by atoms with Crippen molar-refractivity contribution in [3.8, 4) is 0 Å². The first-order valence-electron chi connectivity index (χ1n) is 5.71. The third-order valence-corrected chi connectivity index (χ3v) is 4.40. The van der Waals surface area contributed by atoms with Gasteiger partial charge in [-0.3, -0.25) is 0 Å². The molecule has 0 bridgehead atoms. The van der Waals surface area contributed by atoms with E-state index >= 15 is 0 Å². The highest BCUT2D eigenvalue weighted by Gasteiger charge is 2.23. The molecule has 1 aromatic rings. The lowest BCUT2D eigenvalue weighted by molar-refractivity contribution is 0.126. The fourth-order valence-electron chi connectivity index (χ4n) is 1.59. The molecule has 0 spiro atoms. The molecule has 18 heavy (non-hydrogen) atoms. The lowest BCUT2D eigenvalue weighted by atomic mass is 10.1. The van der Waals surface area contributed by atoms with Crippen LogP contribution in [0.1, 0.15) is 18.9 Å². The summed E-state index contributed by atoms with van der Waals surface area (Å²) < 4.78 is 48.9. The van der Waals surface area contributed by atoms with E-state index in [2.05, 4.69) is 0 Å². The topological polar surface area (TPSA) is 37.4 Å². The number of alkyl halides is 2. The molecule has 0 saturated heterocycles. The van der Waals surface area contributed by atoms with E-state index in [1.54, 1.807) is 12.1 Å². The zero-order valence-electron chi connectivity index (χ0n) is 10.4. The molecule has 6 heteroatoms. The van der Waals surface area contributed by atoms with Crippen LogP contribution in [-0.4, -0.2) is 32.7 Å². The van der Waals surface area contributed by atoms with Crippen molar-refractivity contribution in [1.29, 1.82) is 0 Å². The van der Waals surface area contributed by atoms with Crippen molar-refractivity contribution in [2.75, 3.05) is 13.6 Å². The van der Waals surface area contributed by atoms with Crippen LogP contribution >= 0.6 is 0 Å². The molecule has 0 aliphatic heterocycles. The summed E-state index contributed by atoms with van der Waals surface area (Å²) in [6, 6.07) is 6.35. The summed E-state index contributed by atoms with van der Waals surface area (Å²) in [6.45, 7) is 1.24. The fourth-order valence-corrected chi connectivity index (χ4v) is 2.74. The number of rotatable bonds is 6. The van der Waals surface area contributed by atoms with E-state index in [1.165, 1.54) is 12.1 Å². The summed E-state index contributed by atoms with van der Waals surface area (Å²) >= 11 is 0. The molecule has 1 rings (SSSR count). The van der Waals surface area contributed by atoms with Gasteiger partial charge in [-0.2, -0.15) is 4.31 Å². The van der Waals surface area contributed by atoms with Gasteiger partial charge in [-0.05, 0) is 24.1 Å². The standard InChI is InChI=1S/C12H17F2NO2S/c1-3-4-10-5-7-11(8-6-10)18(16,17)15(2)9-12(13)14/h5-8,12H,3-4,9H2,1-2H3. The van der Waals surface area contributed by atoms with E-state index in [1.807, 2.05) is 6.92 Å². The molecule has 0 fully saturated rings. The molecule has 0 atom stereocenters. The number of nitrogens with zero attached hydrogens (tertiary/aromatic N) is 1. The minimum Gasteiger partial charge on any atom is -0.209 e. The van der Waals surface area contributed by atoms with Gasteiger partial charge in [-0.25, -0.2) is 17.2 Å². The summed E-state index contributed by atoms with van der Waals surface area (Å²) in [6.07, 6.45) is -0.839. The lowest BCUT2D eigenvalue weighted by Crippen LogP contribution is -2.31. The molecule has 0 amide bonds. The van der Waals surface area contributed by atoms with Crippen molar-refractivity contribution in [3.63, 3.8) is 0 Å². The zero-order chi connectivity index (χ0) is 13.8. The molecule has 102 valence electrons. The summed E-state index contributed by atoms with van der Waals surface area (Å²) in [7, 11) is -2.66. The molecule has 0 aromatic heterocycles. The van der Waals surface area contributed by atoms with Gasteiger partial charge in [-0.1, -0.05) is 25.5 Å². The highest BCUT2D eigenvalue weighted by atomic mass is 32.2. The average Bonchev–Trinajstić information content (AvgIpc) is 2.29. The highest BCUT2D eigenvalue weighted by Crippen LogP contribution is 2.16. The van der Waals surface area contributed by atoms with E-state index in [9.17, 15) is 17.2 Å². The number of halogens is 2. The number of hydrogen-bond donors (Lipinski definition) is 0. The fraction of sp³-hybridized carbons (Fsp3) is 0.500. The molecular formula is C12H17F2NO2S. The molecule has 0 saturated carbocycles. The third-order valence-electron chi connectivity index (χ3n) is 2.57. The summed E-state index contributed by atoms with van der Waals surface area (Å²) in [4.78, 5) is 0.0468. The van der Waals surface area contributed by atoms with E-state index in [0.717, 1.165) is 25.5 Å². The van der Waals surface area contributed by atoms with E-state index in [-0.39, 0.29) is 4.90 Å². The second-order valence-electron chi connectivity index (χ2n) is 4.07. The summed E-state index contributed by atoms with van der Waals surface area (Å²) in [5, 5.41) is 0. The number of aryl methyl sites for hydroxylation is 1. The number of benzene rings is 1. The monoisotopic (exact) mass is 277 g/mol. The minimum absolute atomic E-state index is 0.0468. The number of hydrogen-bond acceptors (Lipinski definition) is 2. The van der Waals surface area contributed by atoms with Crippen LogP contribution in [0.25, 0.3) is 0 Å². The largest absolute Gasteiger partial charge is 0.252 e. The molecule has 0 aliphatic rings. The zero-order valence-corrected chi connectivity index (χ0v) is 11.3. The Hall–Kier alpha value is -1.01. The van der Waals surface area contributed by atoms with Gasteiger partial charge >= 0.3 is 0 Å². The van der Waals surface area contributed by atoms with E-state index in [4.69, 9.17) is 0 Å². The molecule has 0 unspecified atom stereocenters. The van der Waals surface area contributed by atoms with Gasteiger partial charge in [-0.15, -0.1) is 0 Å². The van der Waals surface area contributed by atoms with Crippen molar-refractivity contribution in [2.24, 2.45) is 0 Å². The van der Waals surface area contributed by atoms with Gasteiger partial charge in [0.2, 0.25) is 10.0 Å². The predicted octanol–water partition coefficient (Wildman–Crippen LogP) is 2.52. The Bertz CT molecular complexity index is 471. The molecule has 0 aliphatic carbocycles. The lowest BCUT2D eigenvalue weighted by Gasteiger charge is -2.16. The maximum absolute atomic E-state index is 12.2. The molecule has 0 radical (unpaired) electrons. The second-order valence-corrected chi connectivity index (χ2v) is 6.12. The van der Waals surface area contributed by atoms with Gasteiger partial charge in [0.1, 0.15) is 0 Å². The summed E-state index contributed by atoms with van der Waals surface area (Å²) in [5.41, 5.74) is 1.04. The predicted molar refractivity (Wildman–Crippen MR) is 66.3 cm³/mol. The summed E-state index contributed by atoms with van der Waals surface area (Å²) in [5.74, 6) is 0. The van der Waals surface area contributed by atoms with Gasteiger partial charge in [0.05, 0.1) is 11.4 Å². The maximum atomic E-state index is 12.2. The molecule has 0 heterocycles. The van der Waals surface area contributed by atoms with Crippen LogP contribution in [0.15, 0.2) is 29.2 Å². The Kier molecular flexibility index (Phi) is 5.22. The van der Waals surface area contributed by atoms with Gasteiger partial charge in [0, 0.05) is 7.05 Å². The average molecular weight is 277 g/mol.